The molecule has 0 fully saturated rings. The number of rotatable bonds is 4. The molecule has 1 amide bonds. The van der Waals surface area contributed by atoms with Gasteiger partial charge in [0.25, 0.3) is 11.6 Å². The number of hydrogen-bond donors (Lipinski definition) is 1. The van der Waals surface area contributed by atoms with E-state index in [1.807, 2.05) is 6.07 Å². The summed E-state index contributed by atoms with van der Waals surface area (Å²) >= 11 is 0. The minimum absolute atomic E-state index is 0.344. The van der Waals surface area contributed by atoms with Crippen molar-refractivity contribution in [1.29, 1.82) is 0 Å². The van der Waals surface area contributed by atoms with Crippen molar-refractivity contribution in [3.8, 4) is 5.75 Å². The maximum absolute atomic E-state index is 11.9. The van der Waals surface area contributed by atoms with Gasteiger partial charge in [0.05, 0.1) is 11.1 Å². The van der Waals surface area contributed by atoms with E-state index in [0.717, 1.165) is 17.7 Å². The zero-order valence-electron chi connectivity index (χ0n) is 11.6. The Morgan fingerprint density at radius 1 is 1.27 bits per heavy atom. The molecular weight excluding hydrogens is 286 g/mol. The first-order valence-corrected chi connectivity index (χ1v) is 6.33. The molecule has 0 unspecified atom stereocenters. The van der Waals surface area contributed by atoms with E-state index in [1.54, 1.807) is 25.1 Å². The standard InChI is InChI=1S/C15H13N3O4/c1-10-4-2-3-5-12(10)15(20)17-16-9-11-6-7-14(19)13(8-11)18(21)22/h2-9,19H,1H3,(H,17,20)/p-1/b16-9-. The van der Waals surface area contributed by atoms with Crippen molar-refractivity contribution in [1.82, 2.24) is 5.43 Å². The van der Waals surface area contributed by atoms with E-state index >= 15 is 0 Å². The third kappa shape index (κ3) is 3.45. The van der Waals surface area contributed by atoms with Crippen LogP contribution in [0, 0.1) is 17.0 Å². The topological polar surface area (TPSA) is 108 Å². The molecule has 2 aromatic rings. The Kier molecular flexibility index (Phi) is 4.47. The van der Waals surface area contributed by atoms with Crippen molar-refractivity contribution in [3.63, 3.8) is 0 Å². The van der Waals surface area contributed by atoms with Crippen molar-refractivity contribution in [2.24, 2.45) is 5.10 Å². The highest BCUT2D eigenvalue weighted by molar-refractivity contribution is 5.96. The van der Waals surface area contributed by atoms with E-state index in [9.17, 15) is 20.0 Å². The predicted octanol–water partition coefficient (Wildman–Crippen LogP) is 1.74. The molecule has 0 aliphatic carbocycles. The molecule has 0 spiro atoms. The number of aryl methyl sites for hydroxylation is 1. The maximum Gasteiger partial charge on any atom is 0.271 e. The Bertz CT molecular complexity index is 756. The van der Waals surface area contributed by atoms with Crippen molar-refractivity contribution < 1.29 is 14.8 Å². The molecule has 0 heterocycles. The second-order valence-corrected chi connectivity index (χ2v) is 4.50. The summed E-state index contributed by atoms with van der Waals surface area (Å²) in [6.45, 7) is 1.80. The van der Waals surface area contributed by atoms with E-state index in [1.165, 1.54) is 12.3 Å². The van der Waals surface area contributed by atoms with Crippen LogP contribution in [0.25, 0.3) is 0 Å². The van der Waals surface area contributed by atoms with Crippen LogP contribution >= 0.6 is 0 Å². The van der Waals surface area contributed by atoms with Crippen molar-refractivity contribution >= 4 is 17.8 Å². The number of hydrazone groups is 1. The monoisotopic (exact) mass is 298 g/mol. The molecule has 0 aliphatic rings. The number of nitro groups is 1. The smallest absolute Gasteiger partial charge is 0.271 e. The summed E-state index contributed by atoms with van der Waals surface area (Å²) < 4.78 is 0. The largest absolute Gasteiger partial charge is 0.868 e. The molecule has 0 aromatic heterocycles. The molecule has 2 aromatic carbocycles. The Hall–Kier alpha value is -3.22. The van der Waals surface area contributed by atoms with Crippen LogP contribution in [0.3, 0.4) is 0 Å². The Labute approximate surface area is 126 Å². The fourth-order valence-electron chi connectivity index (χ4n) is 1.81. The fraction of sp³-hybridized carbons (Fsp3) is 0.0667. The van der Waals surface area contributed by atoms with E-state index in [0.29, 0.717) is 11.1 Å². The van der Waals surface area contributed by atoms with Crippen LogP contribution in [0.5, 0.6) is 5.75 Å². The van der Waals surface area contributed by atoms with Gasteiger partial charge in [-0.15, -0.1) is 0 Å². The van der Waals surface area contributed by atoms with Crippen LogP contribution in [-0.2, 0) is 0 Å². The number of nitrogens with zero attached hydrogens (tertiary/aromatic N) is 2. The van der Waals surface area contributed by atoms with Crippen molar-refractivity contribution in [2.75, 3.05) is 0 Å². The highest BCUT2D eigenvalue weighted by Gasteiger charge is 2.08. The van der Waals surface area contributed by atoms with E-state index < -0.39 is 16.4 Å². The van der Waals surface area contributed by atoms with Gasteiger partial charge in [0, 0.05) is 17.2 Å². The average Bonchev–Trinajstić information content (AvgIpc) is 2.49. The quantitative estimate of drug-likeness (QED) is 0.527. The molecule has 7 nitrogen and oxygen atoms in total. The lowest BCUT2D eigenvalue weighted by molar-refractivity contribution is -0.398. The number of carbonyl (C=O) groups is 1. The minimum atomic E-state index is -0.758. The van der Waals surface area contributed by atoms with Crippen LogP contribution < -0.4 is 10.5 Å². The van der Waals surface area contributed by atoms with Crippen LogP contribution in [0.4, 0.5) is 5.69 Å². The number of nitrogens with one attached hydrogen (secondary N) is 1. The van der Waals surface area contributed by atoms with Crippen LogP contribution in [0.15, 0.2) is 47.6 Å². The highest BCUT2D eigenvalue weighted by atomic mass is 16.6. The van der Waals surface area contributed by atoms with Crippen molar-refractivity contribution in [2.45, 2.75) is 6.92 Å². The highest BCUT2D eigenvalue weighted by Crippen LogP contribution is 2.22. The predicted molar refractivity (Wildman–Crippen MR) is 78.8 cm³/mol. The third-order valence-electron chi connectivity index (χ3n) is 2.95. The van der Waals surface area contributed by atoms with Gasteiger partial charge in [-0.3, -0.25) is 14.9 Å². The Morgan fingerprint density at radius 3 is 2.68 bits per heavy atom. The third-order valence-corrected chi connectivity index (χ3v) is 2.95. The summed E-state index contributed by atoms with van der Waals surface area (Å²) in [5.74, 6) is -1.06. The molecule has 1 N–H and O–H groups in total. The van der Waals surface area contributed by atoms with Gasteiger partial charge in [-0.05, 0) is 24.3 Å². The van der Waals surface area contributed by atoms with Gasteiger partial charge in [-0.1, -0.05) is 30.3 Å². The summed E-state index contributed by atoms with van der Waals surface area (Å²) in [7, 11) is 0. The van der Waals surface area contributed by atoms with Gasteiger partial charge in [0.1, 0.15) is 0 Å². The Balaban J connectivity index is 2.10. The van der Waals surface area contributed by atoms with E-state index in [2.05, 4.69) is 10.5 Å². The van der Waals surface area contributed by atoms with Gasteiger partial charge in [0.2, 0.25) is 0 Å². The second-order valence-electron chi connectivity index (χ2n) is 4.50. The second kappa shape index (κ2) is 6.49. The first kappa shape index (κ1) is 15.2. The number of nitro benzene ring substituents is 1. The Morgan fingerprint density at radius 2 is 2.00 bits per heavy atom. The van der Waals surface area contributed by atoms with Crippen molar-refractivity contribution in [3.05, 3.63) is 69.3 Å². The molecule has 112 valence electrons. The maximum atomic E-state index is 11.9. The molecule has 22 heavy (non-hydrogen) atoms. The normalized spacial score (nSPS) is 10.6. The zero-order chi connectivity index (χ0) is 16.1. The van der Waals surface area contributed by atoms with Gasteiger partial charge < -0.3 is 5.11 Å². The molecule has 2 rings (SSSR count). The molecule has 0 radical (unpaired) electrons. The van der Waals surface area contributed by atoms with Crippen LogP contribution in [0.1, 0.15) is 21.5 Å². The average molecular weight is 298 g/mol. The summed E-state index contributed by atoms with van der Waals surface area (Å²) in [4.78, 5) is 21.8. The first-order valence-electron chi connectivity index (χ1n) is 6.33. The molecular formula is C15H12N3O4-. The summed E-state index contributed by atoms with van der Waals surface area (Å²) in [6, 6.07) is 10.6. The van der Waals surface area contributed by atoms with Crippen LogP contribution in [0.2, 0.25) is 0 Å². The lowest BCUT2D eigenvalue weighted by atomic mass is 10.1. The number of hydrogen-bond acceptors (Lipinski definition) is 5. The van der Waals surface area contributed by atoms with E-state index in [-0.39, 0.29) is 5.91 Å². The number of carbonyl (C=O) groups excluding carboxylic acids is 1. The lowest BCUT2D eigenvalue weighted by Crippen LogP contribution is -2.18. The number of amides is 1. The SMILES string of the molecule is Cc1ccccc1C(=O)N/N=C\c1ccc([O-])c([N+](=O)[O-])c1. The summed E-state index contributed by atoms with van der Waals surface area (Å²) in [5, 5.41) is 25.7. The molecule has 0 aliphatic heterocycles. The minimum Gasteiger partial charge on any atom is -0.868 e. The van der Waals surface area contributed by atoms with Gasteiger partial charge in [0.15, 0.2) is 0 Å². The lowest BCUT2D eigenvalue weighted by Gasteiger charge is -2.06. The molecule has 7 heteroatoms. The summed E-state index contributed by atoms with van der Waals surface area (Å²) in [6.07, 6.45) is 1.24. The van der Waals surface area contributed by atoms with Gasteiger partial charge in [-0.2, -0.15) is 5.10 Å². The first-order chi connectivity index (χ1) is 10.5. The molecule has 0 bridgehead atoms. The molecule has 0 atom stereocenters. The summed E-state index contributed by atoms with van der Waals surface area (Å²) in [5.41, 5.74) is 3.44. The molecule has 0 saturated carbocycles. The zero-order valence-corrected chi connectivity index (χ0v) is 11.6. The van der Waals surface area contributed by atoms with Gasteiger partial charge >= 0.3 is 0 Å². The van der Waals surface area contributed by atoms with Gasteiger partial charge in [-0.25, -0.2) is 5.43 Å². The molecule has 0 saturated heterocycles. The number of benzene rings is 2. The van der Waals surface area contributed by atoms with Crippen LogP contribution in [-0.4, -0.2) is 17.0 Å². The van der Waals surface area contributed by atoms with E-state index in [4.69, 9.17) is 0 Å². The fourth-order valence-corrected chi connectivity index (χ4v) is 1.81.